The number of nitrogens with one attached hydrogen (secondary N) is 1. The first-order chi connectivity index (χ1) is 10.1. The van der Waals surface area contributed by atoms with Crippen LogP contribution in [0.5, 0.6) is 0 Å². The van der Waals surface area contributed by atoms with Crippen molar-refractivity contribution in [3.8, 4) is 0 Å². The molecular weight excluding hydrogens is 276 g/mol. The van der Waals surface area contributed by atoms with Gasteiger partial charge in [-0.05, 0) is 63.2 Å². The summed E-state index contributed by atoms with van der Waals surface area (Å²) in [6.45, 7) is 13.8. The van der Waals surface area contributed by atoms with Gasteiger partial charge in [-0.1, -0.05) is 20.8 Å². The van der Waals surface area contributed by atoms with E-state index in [0.717, 1.165) is 31.6 Å². The molecule has 0 atom stereocenters. The van der Waals surface area contributed by atoms with Crippen LogP contribution in [0.2, 0.25) is 0 Å². The first-order valence-electron chi connectivity index (χ1n) is 8.63. The average Bonchev–Trinajstić information content (AvgIpc) is 3.21. The average molecular weight is 309 g/mol. The van der Waals surface area contributed by atoms with E-state index in [2.05, 4.69) is 44.0 Å². The fourth-order valence-electron chi connectivity index (χ4n) is 2.69. The highest BCUT2D eigenvalue weighted by molar-refractivity contribution is 7.12. The molecule has 1 heterocycles. The number of thiophene rings is 1. The molecular formula is C18H32N2S. The van der Waals surface area contributed by atoms with Crippen molar-refractivity contribution >= 4 is 11.3 Å². The van der Waals surface area contributed by atoms with Crippen LogP contribution in [0.3, 0.4) is 0 Å². The van der Waals surface area contributed by atoms with Gasteiger partial charge in [0.1, 0.15) is 0 Å². The molecule has 0 radical (unpaired) electrons. The number of hydrogen-bond acceptors (Lipinski definition) is 3. The lowest BCUT2D eigenvalue weighted by Gasteiger charge is -2.23. The molecule has 0 bridgehead atoms. The van der Waals surface area contributed by atoms with Gasteiger partial charge in [0.15, 0.2) is 0 Å². The monoisotopic (exact) mass is 308 g/mol. The van der Waals surface area contributed by atoms with Crippen LogP contribution < -0.4 is 5.32 Å². The largest absolute Gasteiger partial charge is 0.312 e. The summed E-state index contributed by atoms with van der Waals surface area (Å²) in [7, 11) is 0. The minimum atomic E-state index is 0.809. The molecule has 21 heavy (non-hydrogen) atoms. The highest BCUT2D eigenvalue weighted by atomic mass is 32.1. The molecule has 0 amide bonds. The first kappa shape index (κ1) is 17.0. The minimum Gasteiger partial charge on any atom is -0.312 e. The summed E-state index contributed by atoms with van der Waals surface area (Å²) in [6, 6.07) is 3.30. The third-order valence-electron chi connectivity index (χ3n) is 4.23. The summed E-state index contributed by atoms with van der Waals surface area (Å²) in [4.78, 5) is 5.73. The van der Waals surface area contributed by atoms with E-state index in [1.807, 2.05) is 11.3 Å². The van der Waals surface area contributed by atoms with Crippen molar-refractivity contribution in [2.75, 3.05) is 13.1 Å². The standard InChI is InChI=1S/C18H32N2S/c1-5-9-19-12-18-11-16(15(4)21-18)13-20(17-6-7-17)10-8-14(2)3/h11,14,17,19H,5-10,12-13H2,1-4H3. The number of nitrogens with zero attached hydrogens (tertiary/aromatic N) is 1. The molecule has 1 aromatic heterocycles. The predicted molar refractivity (Wildman–Crippen MR) is 93.9 cm³/mol. The Bertz CT molecular complexity index is 421. The van der Waals surface area contributed by atoms with Gasteiger partial charge in [-0.15, -0.1) is 11.3 Å². The van der Waals surface area contributed by atoms with Crippen molar-refractivity contribution in [1.29, 1.82) is 0 Å². The summed E-state index contributed by atoms with van der Waals surface area (Å²) < 4.78 is 0. The molecule has 1 N–H and O–H groups in total. The normalized spacial score (nSPS) is 15.3. The second-order valence-corrected chi connectivity index (χ2v) is 8.20. The Morgan fingerprint density at radius 1 is 1.38 bits per heavy atom. The van der Waals surface area contributed by atoms with Crippen molar-refractivity contribution in [2.24, 2.45) is 5.92 Å². The third kappa shape index (κ3) is 5.72. The lowest BCUT2D eigenvalue weighted by molar-refractivity contribution is 0.239. The highest BCUT2D eigenvalue weighted by Gasteiger charge is 2.29. The number of aryl methyl sites for hydroxylation is 1. The van der Waals surface area contributed by atoms with Gasteiger partial charge in [-0.2, -0.15) is 0 Å². The SMILES string of the molecule is CCCNCc1cc(CN(CCC(C)C)C2CC2)c(C)s1. The van der Waals surface area contributed by atoms with E-state index >= 15 is 0 Å². The van der Waals surface area contributed by atoms with Crippen LogP contribution in [0.4, 0.5) is 0 Å². The van der Waals surface area contributed by atoms with E-state index in [0.29, 0.717) is 0 Å². The van der Waals surface area contributed by atoms with Crippen molar-refractivity contribution < 1.29 is 0 Å². The Morgan fingerprint density at radius 2 is 2.14 bits per heavy atom. The molecule has 0 spiro atoms. The molecule has 1 aliphatic rings. The van der Waals surface area contributed by atoms with Gasteiger partial charge in [0.2, 0.25) is 0 Å². The highest BCUT2D eigenvalue weighted by Crippen LogP contribution is 2.31. The molecule has 0 aliphatic heterocycles. The summed E-state index contributed by atoms with van der Waals surface area (Å²) >= 11 is 1.97. The zero-order chi connectivity index (χ0) is 15.2. The molecule has 3 heteroatoms. The first-order valence-corrected chi connectivity index (χ1v) is 9.44. The zero-order valence-electron chi connectivity index (χ0n) is 14.2. The van der Waals surface area contributed by atoms with Crippen LogP contribution >= 0.6 is 11.3 Å². The summed E-state index contributed by atoms with van der Waals surface area (Å²) in [5.41, 5.74) is 1.56. The second-order valence-electron chi connectivity index (χ2n) is 6.86. The Morgan fingerprint density at radius 3 is 2.76 bits per heavy atom. The molecule has 2 nitrogen and oxygen atoms in total. The van der Waals surface area contributed by atoms with Crippen LogP contribution in [-0.2, 0) is 13.1 Å². The third-order valence-corrected chi connectivity index (χ3v) is 5.32. The van der Waals surface area contributed by atoms with Gasteiger partial charge < -0.3 is 5.32 Å². The van der Waals surface area contributed by atoms with E-state index in [-0.39, 0.29) is 0 Å². The zero-order valence-corrected chi connectivity index (χ0v) is 15.1. The second kappa shape index (κ2) is 8.30. The van der Waals surface area contributed by atoms with Crippen molar-refractivity contribution in [3.63, 3.8) is 0 Å². The van der Waals surface area contributed by atoms with Crippen LogP contribution in [0.15, 0.2) is 6.07 Å². The van der Waals surface area contributed by atoms with Gasteiger partial charge in [-0.25, -0.2) is 0 Å². The Kier molecular flexibility index (Phi) is 6.72. The maximum absolute atomic E-state index is 3.52. The minimum absolute atomic E-state index is 0.809. The summed E-state index contributed by atoms with van der Waals surface area (Å²) in [5.74, 6) is 0.809. The Labute approximate surface area is 134 Å². The molecule has 1 aromatic rings. The van der Waals surface area contributed by atoms with Gasteiger partial charge in [-0.3, -0.25) is 4.90 Å². The van der Waals surface area contributed by atoms with E-state index in [1.54, 1.807) is 5.56 Å². The predicted octanol–water partition coefficient (Wildman–Crippen LogP) is 4.57. The smallest absolute Gasteiger partial charge is 0.0299 e. The molecule has 2 rings (SSSR count). The van der Waals surface area contributed by atoms with Crippen LogP contribution in [0, 0.1) is 12.8 Å². The van der Waals surface area contributed by atoms with Crippen molar-refractivity contribution in [2.45, 2.75) is 72.5 Å². The van der Waals surface area contributed by atoms with Gasteiger partial charge in [0.25, 0.3) is 0 Å². The summed E-state index contributed by atoms with van der Waals surface area (Å²) in [5, 5.41) is 3.52. The molecule has 0 saturated heterocycles. The van der Waals surface area contributed by atoms with E-state index in [1.165, 1.54) is 42.0 Å². The molecule has 1 aliphatic carbocycles. The van der Waals surface area contributed by atoms with E-state index in [9.17, 15) is 0 Å². The lowest BCUT2D eigenvalue weighted by atomic mass is 10.1. The fourth-order valence-corrected chi connectivity index (χ4v) is 3.72. The maximum Gasteiger partial charge on any atom is 0.0299 e. The van der Waals surface area contributed by atoms with Gasteiger partial charge >= 0.3 is 0 Å². The topological polar surface area (TPSA) is 15.3 Å². The van der Waals surface area contributed by atoms with Crippen LogP contribution in [0.1, 0.15) is 61.8 Å². The molecule has 120 valence electrons. The number of hydrogen-bond donors (Lipinski definition) is 1. The van der Waals surface area contributed by atoms with Crippen LogP contribution in [0.25, 0.3) is 0 Å². The summed E-state index contributed by atoms with van der Waals surface area (Å²) in [6.07, 6.45) is 5.35. The van der Waals surface area contributed by atoms with Crippen molar-refractivity contribution in [1.82, 2.24) is 10.2 Å². The maximum atomic E-state index is 3.52. The van der Waals surface area contributed by atoms with Crippen LogP contribution in [-0.4, -0.2) is 24.0 Å². The van der Waals surface area contributed by atoms with Gasteiger partial charge in [0.05, 0.1) is 0 Å². The lowest BCUT2D eigenvalue weighted by Crippen LogP contribution is -2.27. The Hall–Kier alpha value is -0.380. The molecule has 0 aromatic carbocycles. The van der Waals surface area contributed by atoms with Gasteiger partial charge in [0, 0.05) is 28.9 Å². The molecule has 0 unspecified atom stereocenters. The quantitative estimate of drug-likeness (QED) is 0.637. The molecule has 1 saturated carbocycles. The Balaban J connectivity index is 1.90. The fraction of sp³-hybridized carbons (Fsp3) is 0.778. The molecule has 1 fully saturated rings. The van der Waals surface area contributed by atoms with E-state index in [4.69, 9.17) is 0 Å². The van der Waals surface area contributed by atoms with Crippen molar-refractivity contribution in [3.05, 3.63) is 21.4 Å². The van der Waals surface area contributed by atoms with E-state index < -0.39 is 0 Å². The number of rotatable bonds is 10.